The molecule has 3 N–H and O–H groups in total. The van der Waals surface area contributed by atoms with Crippen molar-refractivity contribution in [2.75, 3.05) is 27.7 Å². The van der Waals surface area contributed by atoms with Crippen LogP contribution < -0.4 is 22.0 Å². The third-order valence-corrected chi connectivity index (χ3v) is 5.28. The Bertz CT molecular complexity index is 754. The summed E-state index contributed by atoms with van der Waals surface area (Å²) < 4.78 is 5.29. The lowest BCUT2D eigenvalue weighted by molar-refractivity contribution is -0.863. The van der Waals surface area contributed by atoms with E-state index in [-0.39, 0.29) is 12.4 Å². The van der Waals surface area contributed by atoms with Crippen LogP contribution in [0.25, 0.3) is 0 Å². The first kappa shape index (κ1) is 25.0. The Labute approximate surface area is 179 Å². The van der Waals surface area contributed by atoms with Gasteiger partial charge in [0.15, 0.2) is 0 Å². The molecular weight excluding hydrogens is 390 g/mol. The van der Waals surface area contributed by atoms with Gasteiger partial charge in [0, 0.05) is 5.92 Å². The molecule has 2 aromatic rings. The standard InChI is InChI=1S/C16H25NO2.C7H6O2.ClH/c1-17(2)12-14-7-4-5-10-16(14,18)13-8-6-9-15(11-13)19-3;8-7(9)6-4-2-1-3-5-6;/h6,8-9,11,14,18H,4-5,7,10,12H2,1-3H3;1-5H,(H,8,9);1H/t14-,16+;;/m0../s1. The second kappa shape index (κ2) is 11.8. The van der Waals surface area contributed by atoms with Gasteiger partial charge in [-0.25, -0.2) is 4.79 Å². The molecule has 0 aliphatic heterocycles. The zero-order valence-corrected chi connectivity index (χ0v) is 18.2. The van der Waals surface area contributed by atoms with Gasteiger partial charge in [-0.3, -0.25) is 0 Å². The fraction of sp³-hybridized carbons (Fsp3) is 0.435. The van der Waals surface area contributed by atoms with Crippen LogP contribution in [-0.2, 0) is 5.60 Å². The highest BCUT2D eigenvalue weighted by atomic mass is 35.5. The lowest BCUT2D eigenvalue weighted by atomic mass is 9.71. The molecule has 0 saturated heterocycles. The number of quaternary nitrogens is 1. The van der Waals surface area contributed by atoms with Crippen molar-refractivity contribution >= 4 is 5.97 Å². The lowest BCUT2D eigenvalue weighted by Crippen LogP contribution is -3.06. The Kier molecular flexibility index (Phi) is 10.2. The minimum Gasteiger partial charge on any atom is -1.00 e. The topological polar surface area (TPSA) is 71.2 Å². The molecule has 160 valence electrons. The van der Waals surface area contributed by atoms with Gasteiger partial charge in [-0.2, -0.15) is 0 Å². The summed E-state index contributed by atoms with van der Waals surface area (Å²) in [6, 6.07) is 16.2. The monoisotopic (exact) mass is 421 g/mol. The molecule has 1 fully saturated rings. The minimum atomic E-state index is -0.879. The Balaban J connectivity index is 0.000000355. The van der Waals surface area contributed by atoms with Crippen LogP contribution in [0.4, 0.5) is 0 Å². The number of carbonyl (C=O) groups is 1. The van der Waals surface area contributed by atoms with Crippen LogP contribution in [0.2, 0.25) is 0 Å². The van der Waals surface area contributed by atoms with Crippen LogP contribution in [0.15, 0.2) is 54.6 Å². The maximum absolute atomic E-state index is 11.2. The highest BCUT2D eigenvalue weighted by Crippen LogP contribution is 2.41. The largest absolute Gasteiger partial charge is 1.00 e. The molecule has 0 spiro atoms. The Morgan fingerprint density at radius 1 is 1.14 bits per heavy atom. The molecule has 6 heteroatoms. The summed E-state index contributed by atoms with van der Waals surface area (Å²) in [5.74, 6) is 0.279. The van der Waals surface area contributed by atoms with Crippen LogP contribution in [0.5, 0.6) is 5.75 Å². The van der Waals surface area contributed by atoms with Gasteiger partial charge in [-0.15, -0.1) is 0 Å². The maximum Gasteiger partial charge on any atom is 0.335 e. The van der Waals surface area contributed by atoms with E-state index < -0.39 is 11.6 Å². The SMILES string of the molecule is COc1cccc([C@]2(O)CCCC[C@H]2C[NH+](C)C)c1.O=C(O)c1ccccc1.[Cl-]. The Hall–Kier alpha value is -2.08. The number of aromatic carboxylic acids is 1. The first-order chi connectivity index (χ1) is 13.4. The number of hydrogen-bond donors (Lipinski definition) is 3. The number of ether oxygens (including phenoxy) is 1. The van der Waals surface area contributed by atoms with E-state index in [4.69, 9.17) is 9.84 Å². The number of hydrogen-bond acceptors (Lipinski definition) is 3. The van der Waals surface area contributed by atoms with Crippen molar-refractivity contribution in [2.24, 2.45) is 5.92 Å². The lowest BCUT2D eigenvalue weighted by Gasteiger charge is -2.40. The van der Waals surface area contributed by atoms with Crippen LogP contribution in [0, 0.1) is 5.92 Å². The highest BCUT2D eigenvalue weighted by Gasteiger charge is 2.41. The Morgan fingerprint density at radius 3 is 2.38 bits per heavy atom. The molecule has 3 rings (SSSR count). The summed E-state index contributed by atoms with van der Waals surface area (Å²) in [5.41, 5.74) is 0.652. The van der Waals surface area contributed by atoms with Crippen LogP contribution in [0.1, 0.15) is 41.6 Å². The fourth-order valence-corrected chi connectivity index (χ4v) is 3.84. The van der Waals surface area contributed by atoms with E-state index in [1.807, 2.05) is 24.3 Å². The van der Waals surface area contributed by atoms with E-state index in [1.165, 1.54) is 11.3 Å². The molecule has 1 saturated carbocycles. The summed E-state index contributed by atoms with van der Waals surface area (Å²) in [5, 5.41) is 19.6. The molecule has 0 amide bonds. The van der Waals surface area contributed by atoms with Gasteiger partial charge >= 0.3 is 5.97 Å². The summed E-state index contributed by atoms with van der Waals surface area (Å²) in [7, 11) is 5.98. The molecule has 0 heterocycles. The van der Waals surface area contributed by atoms with Gasteiger partial charge in [-0.1, -0.05) is 43.2 Å². The summed E-state index contributed by atoms with van der Waals surface area (Å²) >= 11 is 0. The average Bonchev–Trinajstić information content (AvgIpc) is 2.70. The number of nitrogens with one attached hydrogen (secondary N) is 1. The van der Waals surface area contributed by atoms with E-state index >= 15 is 0 Å². The van der Waals surface area contributed by atoms with E-state index in [0.29, 0.717) is 11.5 Å². The van der Waals surface area contributed by atoms with Gasteiger partial charge in [0.2, 0.25) is 0 Å². The number of carboxylic acid groups (broad SMARTS) is 1. The molecule has 0 unspecified atom stereocenters. The van der Waals surface area contributed by atoms with Gasteiger partial charge in [0.25, 0.3) is 0 Å². The smallest absolute Gasteiger partial charge is 0.335 e. The highest BCUT2D eigenvalue weighted by molar-refractivity contribution is 5.87. The van der Waals surface area contributed by atoms with Crippen molar-refractivity contribution in [3.8, 4) is 5.75 Å². The first-order valence-corrected chi connectivity index (χ1v) is 9.81. The van der Waals surface area contributed by atoms with E-state index in [0.717, 1.165) is 37.1 Å². The third kappa shape index (κ3) is 7.03. The molecule has 0 aromatic heterocycles. The minimum absolute atomic E-state index is 0. The number of aliphatic hydroxyl groups is 1. The molecule has 1 aliphatic carbocycles. The van der Waals surface area contributed by atoms with E-state index in [1.54, 1.807) is 37.4 Å². The molecular formula is C23H32ClNO4. The van der Waals surface area contributed by atoms with E-state index in [9.17, 15) is 9.90 Å². The van der Waals surface area contributed by atoms with Gasteiger partial charge in [-0.05, 0) is 42.7 Å². The molecule has 0 radical (unpaired) electrons. The fourth-order valence-electron chi connectivity index (χ4n) is 3.84. The van der Waals surface area contributed by atoms with Crippen molar-refractivity contribution in [2.45, 2.75) is 31.3 Å². The number of benzene rings is 2. The predicted octanol–water partition coefficient (Wildman–Crippen LogP) is -0.394. The van der Waals surface area contributed by atoms with Gasteiger partial charge in [0.05, 0.1) is 38.9 Å². The second-order valence-electron chi connectivity index (χ2n) is 7.68. The molecule has 2 aromatic carbocycles. The zero-order chi connectivity index (χ0) is 20.6. The average molecular weight is 422 g/mol. The zero-order valence-electron chi connectivity index (χ0n) is 17.4. The Morgan fingerprint density at radius 2 is 1.83 bits per heavy atom. The number of halogens is 1. The van der Waals surface area contributed by atoms with Gasteiger partial charge in [0.1, 0.15) is 5.75 Å². The first-order valence-electron chi connectivity index (χ1n) is 9.81. The molecule has 1 aliphatic rings. The molecule has 5 nitrogen and oxygen atoms in total. The number of carboxylic acids is 1. The summed E-state index contributed by atoms with van der Waals surface area (Å²) in [6.45, 7) is 1.01. The van der Waals surface area contributed by atoms with Gasteiger partial charge < -0.3 is 32.3 Å². The second-order valence-corrected chi connectivity index (χ2v) is 7.68. The van der Waals surface area contributed by atoms with Crippen LogP contribution >= 0.6 is 0 Å². The van der Waals surface area contributed by atoms with Crippen molar-refractivity contribution in [3.63, 3.8) is 0 Å². The molecule has 0 bridgehead atoms. The molecule has 29 heavy (non-hydrogen) atoms. The quantitative estimate of drug-likeness (QED) is 0.614. The number of methoxy groups -OCH3 is 1. The normalized spacial score (nSPS) is 20.8. The van der Waals surface area contributed by atoms with E-state index in [2.05, 4.69) is 14.1 Å². The van der Waals surface area contributed by atoms with Crippen molar-refractivity contribution in [1.82, 2.24) is 0 Å². The third-order valence-electron chi connectivity index (χ3n) is 5.28. The van der Waals surface area contributed by atoms with Crippen LogP contribution in [-0.4, -0.2) is 43.9 Å². The van der Waals surface area contributed by atoms with Crippen molar-refractivity contribution < 1.29 is 37.1 Å². The summed E-state index contributed by atoms with van der Waals surface area (Å²) in [6.07, 6.45) is 4.30. The molecule has 2 atom stereocenters. The number of rotatable bonds is 5. The predicted molar refractivity (Wildman–Crippen MR) is 110 cm³/mol. The van der Waals surface area contributed by atoms with Crippen LogP contribution in [0.3, 0.4) is 0 Å². The van der Waals surface area contributed by atoms with Crippen molar-refractivity contribution in [1.29, 1.82) is 0 Å². The summed E-state index contributed by atoms with van der Waals surface area (Å²) in [4.78, 5) is 11.6. The maximum atomic E-state index is 11.2. The van der Waals surface area contributed by atoms with Crippen molar-refractivity contribution in [3.05, 3.63) is 65.7 Å².